The number of benzene rings is 1. The van der Waals surface area contributed by atoms with Crippen molar-refractivity contribution < 1.29 is 14.3 Å². The Balaban J connectivity index is 2.14. The molecule has 1 amide bonds. The Morgan fingerprint density at radius 2 is 1.96 bits per heavy atom. The van der Waals surface area contributed by atoms with Crippen molar-refractivity contribution in [3.63, 3.8) is 0 Å². The number of fused-ring (bicyclic) bond motifs is 1. The third-order valence-electron chi connectivity index (χ3n) is 3.41. The smallest absolute Gasteiger partial charge is 0.359 e. The van der Waals surface area contributed by atoms with Gasteiger partial charge in [0.2, 0.25) is 0 Å². The lowest BCUT2D eigenvalue weighted by molar-refractivity contribution is -0.133. The Morgan fingerprint density at radius 1 is 1.29 bits per heavy atom. The van der Waals surface area contributed by atoms with E-state index in [2.05, 4.69) is 16.8 Å². The first-order chi connectivity index (χ1) is 11.4. The summed E-state index contributed by atoms with van der Waals surface area (Å²) in [6, 6.07) is 6.57. The second-order valence-corrected chi connectivity index (χ2v) is 5.39. The highest BCUT2D eigenvalue weighted by Crippen LogP contribution is 2.13. The summed E-state index contributed by atoms with van der Waals surface area (Å²) in [5.41, 5.74) is 0.419. The minimum absolute atomic E-state index is 0.0269. The number of amides is 1. The molecule has 0 saturated carbocycles. The lowest BCUT2D eigenvalue weighted by Gasteiger charge is -2.20. The van der Waals surface area contributed by atoms with Crippen LogP contribution in [0.25, 0.3) is 10.8 Å². The van der Waals surface area contributed by atoms with E-state index in [1.807, 2.05) is 13.8 Å². The maximum atomic E-state index is 12.2. The molecule has 1 aromatic heterocycles. The zero-order chi connectivity index (χ0) is 17.7. The lowest BCUT2D eigenvalue weighted by atomic mass is 10.1. The van der Waals surface area contributed by atoms with Gasteiger partial charge in [0.25, 0.3) is 11.5 Å². The molecule has 0 bridgehead atoms. The lowest BCUT2D eigenvalue weighted by Crippen LogP contribution is -2.35. The maximum absolute atomic E-state index is 12.2. The van der Waals surface area contributed by atoms with Crippen molar-refractivity contribution >= 4 is 22.6 Å². The molecule has 1 heterocycles. The summed E-state index contributed by atoms with van der Waals surface area (Å²) in [4.78, 5) is 37.6. The average Bonchev–Trinajstić information content (AvgIpc) is 2.57. The highest BCUT2D eigenvalue weighted by molar-refractivity contribution is 6.02. The van der Waals surface area contributed by atoms with Gasteiger partial charge in [-0.2, -0.15) is 5.10 Å². The standard InChI is InChI=1S/C17H19N3O4/c1-4-20(9-11(2)3)14(21)10-24-17(23)15-12-7-5-6-8-13(12)16(22)19-18-15/h5-8H,2,4,9-10H2,1,3H3,(H,19,22). The monoisotopic (exact) mass is 329 g/mol. The predicted octanol–water partition coefficient (Wildman–Crippen LogP) is 1.50. The highest BCUT2D eigenvalue weighted by atomic mass is 16.5. The maximum Gasteiger partial charge on any atom is 0.359 e. The number of carbonyl (C=O) groups excluding carboxylic acids is 2. The van der Waals surface area contributed by atoms with Gasteiger partial charge in [0, 0.05) is 18.5 Å². The van der Waals surface area contributed by atoms with E-state index in [9.17, 15) is 14.4 Å². The van der Waals surface area contributed by atoms with Gasteiger partial charge in [-0.25, -0.2) is 9.89 Å². The summed E-state index contributed by atoms with van der Waals surface area (Å²) in [6.45, 7) is 7.92. The van der Waals surface area contributed by atoms with Crippen LogP contribution in [0.1, 0.15) is 24.3 Å². The van der Waals surface area contributed by atoms with E-state index in [1.165, 1.54) is 4.90 Å². The van der Waals surface area contributed by atoms with E-state index in [4.69, 9.17) is 4.74 Å². The third kappa shape index (κ3) is 3.87. The number of aromatic nitrogens is 2. The van der Waals surface area contributed by atoms with Crippen molar-refractivity contribution in [3.05, 3.63) is 52.5 Å². The number of esters is 1. The predicted molar refractivity (Wildman–Crippen MR) is 89.7 cm³/mol. The van der Waals surface area contributed by atoms with Crippen LogP contribution in [-0.4, -0.2) is 46.7 Å². The van der Waals surface area contributed by atoms with E-state index in [1.54, 1.807) is 24.3 Å². The first kappa shape index (κ1) is 17.4. The van der Waals surface area contributed by atoms with Gasteiger partial charge in [-0.15, -0.1) is 0 Å². The molecule has 0 atom stereocenters. The van der Waals surface area contributed by atoms with Crippen LogP contribution in [0, 0.1) is 0 Å². The molecule has 2 aromatic rings. The summed E-state index contributed by atoms with van der Waals surface area (Å²) in [6.07, 6.45) is 0. The van der Waals surface area contributed by atoms with Crippen LogP contribution in [0.5, 0.6) is 0 Å². The van der Waals surface area contributed by atoms with Crippen molar-refractivity contribution in [2.45, 2.75) is 13.8 Å². The molecule has 7 heteroatoms. The van der Waals surface area contributed by atoms with Gasteiger partial charge in [-0.1, -0.05) is 30.4 Å². The Morgan fingerprint density at radius 3 is 2.58 bits per heavy atom. The zero-order valence-corrected chi connectivity index (χ0v) is 13.7. The van der Waals surface area contributed by atoms with Crippen LogP contribution in [0.4, 0.5) is 0 Å². The number of nitrogens with one attached hydrogen (secondary N) is 1. The molecule has 0 aliphatic heterocycles. The Bertz CT molecular complexity index is 841. The molecular weight excluding hydrogens is 310 g/mol. The van der Waals surface area contributed by atoms with Crippen LogP contribution in [0.2, 0.25) is 0 Å². The first-order valence-corrected chi connectivity index (χ1v) is 7.50. The van der Waals surface area contributed by atoms with Gasteiger partial charge in [0.1, 0.15) is 0 Å². The minimum Gasteiger partial charge on any atom is -0.451 e. The average molecular weight is 329 g/mol. The molecule has 0 saturated heterocycles. The normalized spacial score (nSPS) is 10.4. The Hall–Kier alpha value is -2.96. The van der Waals surface area contributed by atoms with Gasteiger partial charge < -0.3 is 9.64 Å². The quantitative estimate of drug-likeness (QED) is 0.640. The van der Waals surface area contributed by atoms with Gasteiger partial charge in [-0.05, 0) is 19.9 Å². The number of hydrogen-bond donors (Lipinski definition) is 1. The molecule has 7 nitrogen and oxygen atoms in total. The third-order valence-corrected chi connectivity index (χ3v) is 3.41. The summed E-state index contributed by atoms with van der Waals surface area (Å²) in [5, 5.41) is 6.72. The number of hydrogen-bond acceptors (Lipinski definition) is 5. The molecule has 126 valence electrons. The number of likely N-dealkylation sites (N-methyl/N-ethyl adjacent to an activating group) is 1. The van der Waals surface area contributed by atoms with E-state index in [-0.39, 0.29) is 11.6 Å². The highest BCUT2D eigenvalue weighted by Gasteiger charge is 2.18. The molecule has 24 heavy (non-hydrogen) atoms. The van der Waals surface area contributed by atoms with E-state index < -0.39 is 18.1 Å². The molecule has 0 aliphatic carbocycles. The largest absolute Gasteiger partial charge is 0.451 e. The van der Waals surface area contributed by atoms with Crippen LogP contribution in [-0.2, 0) is 9.53 Å². The fourth-order valence-electron chi connectivity index (χ4n) is 2.26. The second-order valence-electron chi connectivity index (χ2n) is 5.39. The molecular formula is C17H19N3O4. The molecule has 0 radical (unpaired) electrons. The fraction of sp³-hybridized carbons (Fsp3) is 0.294. The van der Waals surface area contributed by atoms with Crippen molar-refractivity contribution in [1.29, 1.82) is 0 Å². The van der Waals surface area contributed by atoms with Crippen LogP contribution in [0.3, 0.4) is 0 Å². The number of nitrogens with zero attached hydrogens (tertiary/aromatic N) is 2. The topological polar surface area (TPSA) is 92.4 Å². The number of carbonyl (C=O) groups is 2. The summed E-state index contributed by atoms with van der Waals surface area (Å²) in [5.74, 6) is -1.08. The van der Waals surface area contributed by atoms with Gasteiger partial charge in [-0.3, -0.25) is 9.59 Å². The van der Waals surface area contributed by atoms with E-state index in [0.717, 1.165) is 5.57 Å². The molecule has 0 aliphatic rings. The van der Waals surface area contributed by atoms with Crippen LogP contribution >= 0.6 is 0 Å². The van der Waals surface area contributed by atoms with Gasteiger partial charge >= 0.3 is 5.97 Å². The summed E-state index contributed by atoms with van der Waals surface area (Å²) >= 11 is 0. The van der Waals surface area contributed by atoms with E-state index >= 15 is 0 Å². The fourth-order valence-corrected chi connectivity index (χ4v) is 2.26. The Labute approximate surface area is 138 Å². The van der Waals surface area contributed by atoms with Crippen molar-refractivity contribution in [2.24, 2.45) is 0 Å². The number of ether oxygens (including phenoxy) is 1. The van der Waals surface area contributed by atoms with Crippen molar-refractivity contribution in [2.75, 3.05) is 19.7 Å². The number of H-pyrrole nitrogens is 1. The molecule has 1 N–H and O–H groups in total. The summed E-state index contributed by atoms with van der Waals surface area (Å²) in [7, 11) is 0. The number of rotatable bonds is 6. The zero-order valence-electron chi connectivity index (χ0n) is 13.7. The van der Waals surface area contributed by atoms with E-state index in [0.29, 0.717) is 23.9 Å². The van der Waals surface area contributed by atoms with Gasteiger partial charge in [0.15, 0.2) is 12.3 Å². The van der Waals surface area contributed by atoms with Crippen molar-refractivity contribution in [3.8, 4) is 0 Å². The summed E-state index contributed by atoms with van der Waals surface area (Å²) < 4.78 is 5.06. The molecule has 0 fully saturated rings. The number of aromatic amines is 1. The SMILES string of the molecule is C=C(C)CN(CC)C(=O)COC(=O)c1n[nH]c(=O)c2ccccc12. The molecule has 1 aromatic carbocycles. The molecule has 2 rings (SSSR count). The molecule has 0 unspecified atom stereocenters. The minimum atomic E-state index is -0.762. The van der Waals surface area contributed by atoms with Crippen LogP contribution < -0.4 is 5.56 Å². The first-order valence-electron chi connectivity index (χ1n) is 7.50. The second kappa shape index (κ2) is 7.54. The Kier molecular flexibility index (Phi) is 5.47. The van der Waals surface area contributed by atoms with Crippen molar-refractivity contribution in [1.82, 2.24) is 15.1 Å². The van der Waals surface area contributed by atoms with Gasteiger partial charge in [0.05, 0.1) is 5.39 Å². The molecule has 0 spiro atoms. The van der Waals surface area contributed by atoms with Crippen LogP contribution in [0.15, 0.2) is 41.2 Å².